The molecule has 4 nitrogen and oxygen atoms in total. The van der Waals surface area contributed by atoms with Crippen LogP contribution in [0.5, 0.6) is 5.75 Å². The van der Waals surface area contributed by atoms with Gasteiger partial charge in [-0.05, 0) is 44.6 Å². The van der Waals surface area contributed by atoms with Gasteiger partial charge in [-0.15, -0.1) is 0 Å². The van der Waals surface area contributed by atoms with Crippen LogP contribution in [-0.2, 0) is 0 Å². The molecule has 0 heterocycles. The minimum Gasteiger partial charge on any atom is -0.508 e. The maximum absolute atomic E-state index is 12.3. The van der Waals surface area contributed by atoms with E-state index in [-0.39, 0.29) is 17.7 Å². The molecule has 112 valence electrons. The van der Waals surface area contributed by atoms with Crippen LogP contribution in [-0.4, -0.2) is 42.6 Å². The smallest absolute Gasteiger partial charge is 0.253 e. The summed E-state index contributed by atoms with van der Waals surface area (Å²) in [6.07, 6.45) is 0.889. The van der Waals surface area contributed by atoms with Gasteiger partial charge in [0, 0.05) is 12.6 Å². The number of phenols is 1. The van der Waals surface area contributed by atoms with Crippen LogP contribution in [0.15, 0.2) is 18.2 Å². The van der Waals surface area contributed by atoms with E-state index in [2.05, 4.69) is 19.2 Å². The predicted octanol–water partition coefficient (Wildman–Crippen LogP) is 2.75. The molecule has 0 saturated heterocycles. The zero-order chi connectivity index (χ0) is 15.3. The van der Waals surface area contributed by atoms with Crippen molar-refractivity contribution in [1.82, 2.24) is 10.2 Å². The Labute approximate surface area is 125 Å². The zero-order valence-corrected chi connectivity index (χ0v) is 13.2. The molecule has 0 spiro atoms. The van der Waals surface area contributed by atoms with Crippen molar-refractivity contribution in [2.75, 3.05) is 20.6 Å². The van der Waals surface area contributed by atoms with Crippen LogP contribution in [0.3, 0.4) is 0 Å². The number of carbonyl (C=O) groups is 1. The molecule has 0 aliphatic carbocycles. The fourth-order valence-corrected chi connectivity index (χ4v) is 2.34. The van der Waals surface area contributed by atoms with Gasteiger partial charge in [-0.2, -0.15) is 0 Å². The molecule has 0 aromatic heterocycles. The Hall–Kier alpha value is -1.26. The Morgan fingerprint density at radius 2 is 2.05 bits per heavy atom. The van der Waals surface area contributed by atoms with Crippen LogP contribution in [0.1, 0.15) is 30.6 Å². The lowest BCUT2D eigenvalue weighted by Crippen LogP contribution is -2.42. The molecule has 20 heavy (non-hydrogen) atoms. The Balaban J connectivity index is 2.81. The van der Waals surface area contributed by atoms with E-state index >= 15 is 0 Å². The Morgan fingerprint density at radius 3 is 2.60 bits per heavy atom. The summed E-state index contributed by atoms with van der Waals surface area (Å²) in [6, 6.07) is 4.43. The van der Waals surface area contributed by atoms with Crippen LogP contribution >= 0.6 is 11.6 Å². The van der Waals surface area contributed by atoms with Crippen LogP contribution in [0.4, 0.5) is 0 Å². The second-order valence-electron chi connectivity index (χ2n) is 5.73. The summed E-state index contributed by atoms with van der Waals surface area (Å²) in [4.78, 5) is 14.3. The molecule has 0 radical (unpaired) electrons. The van der Waals surface area contributed by atoms with E-state index in [1.807, 2.05) is 19.0 Å². The van der Waals surface area contributed by atoms with Gasteiger partial charge >= 0.3 is 0 Å². The molecule has 1 aromatic rings. The van der Waals surface area contributed by atoms with Crippen molar-refractivity contribution in [3.8, 4) is 5.75 Å². The molecule has 1 unspecified atom stereocenters. The molecule has 0 aliphatic heterocycles. The Morgan fingerprint density at radius 1 is 1.40 bits per heavy atom. The van der Waals surface area contributed by atoms with Crippen molar-refractivity contribution in [3.05, 3.63) is 28.8 Å². The first-order valence-electron chi connectivity index (χ1n) is 6.73. The molecular weight excluding hydrogens is 276 g/mol. The number of phenolic OH excluding ortho intramolecular Hbond substituents is 1. The fourth-order valence-electron chi connectivity index (χ4n) is 2.14. The van der Waals surface area contributed by atoms with E-state index < -0.39 is 0 Å². The van der Waals surface area contributed by atoms with Gasteiger partial charge in [-0.3, -0.25) is 4.79 Å². The number of likely N-dealkylation sites (N-methyl/N-ethyl adjacent to an activating group) is 1. The fraction of sp³-hybridized carbons (Fsp3) is 0.533. The number of hydrogen-bond donors (Lipinski definition) is 2. The highest BCUT2D eigenvalue weighted by molar-refractivity contribution is 6.33. The van der Waals surface area contributed by atoms with Gasteiger partial charge in [0.15, 0.2) is 0 Å². The molecular formula is C15H23ClN2O2. The molecule has 1 aromatic carbocycles. The summed E-state index contributed by atoms with van der Waals surface area (Å²) < 4.78 is 0. The van der Waals surface area contributed by atoms with Crippen LogP contribution in [0.25, 0.3) is 0 Å². The van der Waals surface area contributed by atoms with Crippen LogP contribution < -0.4 is 5.32 Å². The summed E-state index contributed by atoms with van der Waals surface area (Å²) in [6.45, 7) is 5.01. The highest BCUT2D eigenvalue weighted by Gasteiger charge is 2.18. The number of benzene rings is 1. The Kier molecular flexibility index (Phi) is 6.30. The van der Waals surface area contributed by atoms with E-state index in [1.54, 1.807) is 0 Å². The van der Waals surface area contributed by atoms with Crippen molar-refractivity contribution in [1.29, 1.82) is 0 Å². The quantitative estimate of drug-likeness (QED) is 0.849. The van der Waals surface area contributed by atoms with E-state index in [9.17, 15) is 9.90 Å². The van der Waals surface area contributed by atoms with Crippen molar-refractivity contribution < 1.29 is 9.90 Å². The second kappa shape index (κ2) is 7.50. The third kappa shape index (κ3) is 5.39. The normalized spacial score (nSPS) is 12.8. The predicted molar refractivity (Wildman–Crippen MR) is 82.4 cm³/mol. The topological polar surface area (TPSA) is 52.6 Å². The SMILES string of the molecule is CC(C)CC(CN(C)C)NC(=O)c1cc(O)ccc1Cl. The van der Waals surface area contributed by atoms with Crippen molar-refractivity contribution in [2.45, 2.75) is 26.3 Å². The molecule has 0 saturated carbocycles. The summed E-state index contributed by atoms with van der Waals surface area (Å²) in [5.41, 5.74) is 0.305. The molecule has 1 amide bonds. The lowest BCUT2D eigenvalue weighted by atomic mass is 10.0. The minimum absolute atomic E-state index is 0.0348. The first-order valence-corrected chi connectivity index (χ1v) is 7.11. The number of nitrogens with one attached hydrogen (secondary N) is 1. The highest BCUT2D eigenvalue weighted by Crippen LogP contribution is 2.21. The number of nitrogens with zero attached hydrogens (tertiary/aromatic N) is 1. The van der Waals surface area contributed by atoms with Gasteiger partial charge in [-0.25, -0.2) is 0 Å². The van der Waals surface area contributed by atoms with Gasteiger partial charge in [0.05, 0.1) is 10.6 Å². The van der Waals surface area contributed by atoms with Crippen molar-refractivity contribution in [2.24, 2.45) is 5.92 Å². The maximum Gasteiger partial charge on any atom is 0.253 e. The number of aromatic hydroxyl groups is 1. The van der Waals surface area contributed by atoms with Gasteiger partial charge in [0.2, 0.25) is 0 Å². The zero-order valence-electron chi connectivity index (χ0n) is 12.5. The largest absolute Gasteiger partial charge is 0.508 e. The third-order valence-electron chi connectivity index (χ3n) is 2.87. The van der Waals surface area contributed by atoms with E-state index in [0.717, 1.165) is 13.0 Å². The number of amides is 1. The lowest BCUT2D eigenvalue weighted by Gasteiger charge is -2.24. The lowest BCUT2D eigenvalue weighted by molar-refractivity contribution is 0.0924. The van der Waals surface area contributed by atoms with E-state index in [1.165, 1.54) is 18.2 Å². The molecule has 5 heteroatoms. The minimum atomic E-state index is -0.251. The molecule has 1 rings (SSSR count). The standard InChI is InChI=1S/C15H23ClN2O2/c1-10(2)7-11(9-18(3)4)17-15(20)13-8-12(19)5-6-14(13)16/h5-6,8,10-11,19H,7,9H2,1-4H3,(H,17,20). The summed E-state index contributed by atoms with van der Waals surface area (Å²) in [5.74, 6) is 0.269. The van der Waals surface area contributed by atoms with Crippen molar-refractivity contribution in [3.63, 3.8) is 0 Å². The van der Waals surface area contributed by atoms with Crippen molar-refractivity contribution >= 4 is 17.5 Å². The first kappa shape index (κ1) is 16.8. The number of halogens is 1. The van der Waals surface area contributed by atoms with Gasteiger partial charge in [0.1, 0.15) is 5.75 Å². The molecule has 2 N–H and O–H groups in total. The Bertz CT molecular complexity index is 451. The van der Waals surface area contributed by atoms with Crippen LogP contribution in [0, 0.1) is 5.92 Å². The average Bonchev–Trinajstić information content (AvgIpc) is 2.30. The highest BCUT2D eigenvalue weighted by atomic mass is 35.5. The van der Waals surface area contributed by atoms with Gasteiger partial charge in [0.25, 0.3) is 5.91 Å². The van der Waals surface area contributed by atoms with Gasteiger partial charge in [-0.1, -0.05) is 25.4 Å². The third-order valence-corrected chi connectivity index (χ3v) is 3.20. The summed E-state index contributed by atoms with van der Waals surface area (Å²) in [5, 5.41) is 12.8. The molecule has 0 fully saturated rings. The van der Waals surface area contributed by atoms with E-state index in [4.69, 9.17) is 11.6 Å². The average molecular weight is 299 g/mol. The summed E-state index contributed by atoms with van der Waals surface area (Å²) in [7, 11) is 3.95. The molecule has 1 atom stereocenters. The van der Waals surface area contributed by atoms with E-state index in [0.29, 0.717) is 16.5 Å². The van der Waals surface area contributed by atoms with Crippen LogP contribution in [0.2, 0.25) is 5.02 Å². The first-order chi connectivity index (χ1) is 9.29. The maximum atomic E-state index is 12.3. The number of rotatable bonds is 6. The number of hydrogen-bond acceptors (Lipinski definition) is 3. The van der Waals surface area contributed by atoms with Gasteiger partial charge < -0.3 is 15.3 Å². The second-order valence-corrected chi connectivity index (χ2v) is 6.13. The monoisotopic (exact) mass is 298 g/mol. The molecule has 0 bridgehead atoms. The molecule has 0 aliphatic rings. The summed E-state index contributed by atoms with van der Waals surface area (Å²) >= 11 is 6.00. The number of carbonyl (C=O) groups excluding carboxylic acids is 1.